The number of epoxide rings is 1. The number of ketones is 2. The molecule has 0 radical (unpaired) electrons. The van der Waals surface area contributed by atoms with Gasteiger partial charge in [0.1, 0.15) is 17.4 Å². The van der Waals surface area contributed by atoms with Crippen molar-refractivity contribution in [1.29, 1.82) is 0 Å². The normalized spacial score (nSPS) is 18.7. The Morgan fingerprint density at radius 1 is 1.05 bits per heavy atom. The molecule has 1 aliphatic heterocycles. The van der Waals surface area contributed by atoms with Gasteiger partial charge in [-0.2, -0.15) is 0 Å². The second-order valence-corrected chi connectivity index (χ2v) is 11.4. The molecule has 2 amide bonds. The van der Waals surface area contributed by atoms with Gasteiger partial charge in [0.25, 0.3) is 5.91 Å². The van der Waals surface area contributed by atoms with E-state index in [2.05, 4.69) is 15.8 Å². The molecule has 1 aromatic heterocycles. The number of carbonyl (C=O) groups excluding carboxylic acids is 4. The van der Waals surface area contributed by atoms with Crippen LogP contribution in [0, 0.1) is 11.8 Å². The first-order valence-electron chi connectivity index (χ1n) is 13.7. The number of ether oxygens (including phenoxy) is 2. The van der Waals surface area contributed by atoms with Crippen LogP contribution in [0.5, 0.6) is 0 Å². The first kappa shape index (κ1) is 31.2. The van der Waals surface area contributed by atoms with Crippen molar-refractivity contribution in [2.24, 2.45) is 11.8 Å². The SMILES string of the molecule is COC[C@H](NC(=O)c1cc(C(C)C)on1)C(=O)C[C@@H](Cc1ccccc1)C(=O)N[C@@H](CC(C)C)C(=O)[C@@]1(C)CO1. The highest BCUT2D eigenvalue weighted by molar-refractivity contribution is 5.99. The second kappa shape index (κ2) is 13.8. The van der Waals surface area contributed by atoms with Crippen LogP contribution in [0.2, 0.25) is 0 Å². The fourth-order valence-corrected chi connectivity index (χ4v) is 4.44. The van der Waals surface area contributed by atoms with Crippen LogP contribution >= 0.6 is 0 Å². The molecular formula is C30H41N3O7. The quantitative estimate of drug-likeness (QED) is 0.301. The maximum Gasteiger partial charge on any atom is 0.274 e. The summed E-state index contributed by atoms with van der Waals surface area (Å²) in [7, 11) is 1.43. The molecule has 1 fully saturated rings. The molecule has 218 valence electrons. The number of nitrogens with one attached hydrogen (secondary N) is 2. The maximum absolute atomic E-state index is 13.6. The first-order valence-corrected chi connectivity index (χ1v) is 13.7. The zero-order valence-electron chi connectivity index (χ0n) is 24.2. The lowest BCUT2D eigenvalue weighted by atomic mass is 9.89. The molecule has 1 saturated heterocycles. The number of benzene rings is 1. The highest BCUT2D eigenvalue weighted by atomic mass is 16.6. The average Bonchev–Trinajstić information content (AvgIpc) is 3.45. The Hall–Kier alpha value is -3.37. The number of carbonyl (C=O) groups is 4. The molecule has 2 heterocycles. The molecule has 1 aromatic carbocycles. The van der Waals surface area contributed by atoms with Crippen LogP contribution in [0.15, 0.2) is 40.9 Å². The molecule has 10 nitrogen and oxygen atoms in total. The molecule has 0 saturated carbocycles. The zero-order chi connectivity index (χ0) is 29.4. The summed E-state index contributed by atoms with van der Waals surface area (Å²) in [5, 5.41) is 9.39. The predicted molar refractivity (Wildman–Crippen MR) is 148 cm³/mol. The number of hydrogen-bond acceptors (Lipinski definition) is 8. The summed E-state index contributed by atoms with van der Waals surface area (Å²) in [5.74, 6) is -1.55. The van der Waals surface area contributed by atoms with Crippen molar-refractivity contribution in [1.82, 2.24) is 15.8 Å². The molecule has 0 aliphatic carbocycles. The molecule has 4 atom stereocenters. The number of amides is 2. The van der Waals surface area contributed by atoms with Gasteiger partial charge in [0.05, 0.1) is 19.3 Å². The van der Waals surface area contributed by atoms with Gasteiger partial charge in [-0.3, -0.25) is 19.2 Å². The Balaban J connectivity index is 1.78. The van der Waals surface area contributed by atoms with E-state index >= 15 is 0 Å². The monoisotopic (exact) mass is 555 g/mol. The van der Waals surface area contributed by atoms with Gasteiger partial charge >= 0.3 is 0 Å². The highest BCUT2D eigenvalue weighted by Gasteiger charge is 2.50. The van der Waals surface area contributed by atoms with Crippen molar-refractivity contribution in [2.75, 3.05) is 20.3 Å². The van der Waals surface area contributed by atoms with Crippen LogP contribution in [-0.2, 0) is 30.3 Å². The lowest BCUT2D eigenvalue weighted by Gasteiger charge is -2.25. The summed E-state index contributed by atoms with van der Waals surface area (Å²) >= 11 is 0. The summed E-state index contributed by atoms with van der Waals surface area (Å²) in [6.45, 7) is 9.74. The molecule has 2 N–H and O–H groups in total. The summed E-state index contributed by atoms with van der Waals surface area (Å²) in [5.41, 5.74) is 0.0416. The fraction of sp³-hybridized carbons (Fsp3) is 0.567. The minimum atomic E-state index is -1.00. The van der Waals surface area contributed by atoms with Crippen molar-refractivity contribution >= 4 is 23.4 Å². The van der Waals surface area contributed by atoms with E-state index in [1.165, 1.54) is 13.2 Å². The average molecular weight is 556 g/mol. The summed E-state index contributed by atoms with van der Waals surface area (Å²) in [6, 6.07) is 9.16. The van der Waals surface area contributed by atoms with Gasteiger partial charge in [-0.05, 0) is 31.2 Å². The van der Waals surface area contributed by atoms with Crippen molar-refractivity contribution in [3.63, 3.8) is 0 Å². The number of methoxy groups -OCH3 is 1. The van der Waals surface area contributed by atoms with Crippen LogP contribution < -0.4 is 10.6 Å². The number of Topliss-reactive ketones (excluding diaryl/α,β-unsaturated/α-hetero) is 2. The minimum Gasteiger partial charge on any atom is -0.382 e. The van der Waals surface area contributed by atoms with E-state index < -0.39 is 35.4 Å². The second-order valence-electron chi connectivity index (χ2n) is 11.4. The Bertz CT molecular complexity index is 1170. The minimum absolute atomic E-state index is 0.0446. The van der Waals surface area contributed by atoms with Gasteiger partial charge < -0.3 is 24.6 Å². The van der Waals surface area contributed by atoms with Gasteiger partial charge in [0, 0.05) is 31.4 Å². The number of hydrogen-bond donors (Lipinski definition) is 2. The molecule has 10 heteroatoms. The summed E-state index contributed by atoms with van der Waals surface area (Å²) in [6.07, 6.45) is 0.568. The molecule has 0 unspecified atom stereocenters. The third-order valence-electron chi connectivity index (χ3n) is 6.94. The van der Waals surface area contributed by atoms with E-state index in [1.54, 1.807) is 6.92 Å². The number of rotatable bonds is 16. The van der Waals surface area contributed by atoms with Crippen LogP contribution in [-0.4, -0.2) is 66.5 Å². The summed E-state index contributed by atoms with van der Waals surface area (Å²) in [4.78, 5) is 53.0. The lowest BCUT2D eigenvalue weighted by Crippen LogP contribution is -2.50. The topological polar surface area (TPSA) is 140 Å². The molecule has 3 rings (SSSR count). The smallest absolute Gasteiger partial charge is 0.274 e. The van der Waals surface area contributed by atoms with E-state index in [-0.39, 0.29) is 48.5 Å². The predicted octanol–water partition coefficient (Wildman–Crippen LogP) is 3.25. The van der Waals surface area contributed by atoms with Crippen molar-refractivity contribution < 1.29 is 33.2 Å². The van der Waals surface area contributed by atoms with Crippen molar-refractivity contribution in [2.45, 2.75) is 77.5 Å². The molecule has 2 aromatic rings. The third-order valence-corrected chi connectivity index (χ3v) is 6.94. The molecule has 1 aliphatic rings. The number of nitrogens with zero attached hydrogens (tertiary/aromatic N) is 1. The Labute approximate surface area is 235 Å². The van der Waals surface area contributed by atoms with Crippen LogP contribution in [0.4, 0.5) is 0 Å². The summed E-state index contributed by atoms with van der Waals surface area (Å²) < 4.78 is 15.8. The van der Waals surface area contributed by atoms with Crippen molar-refractivity contribution in [3.8, 4) is 0 Å². The molecule has 40 heavy (non-hydrogen) atoms. The highest BCUT2D eigenvalue weighted by Crippen LogP contribution is 2.30. The van der Waals surface area contributed by atoms with Crippen LogP contribution in [0.3, 0.4) is 0 Å². The van der Waals surface area contributed by atoms with Gasteiger partial charge in [-0.25, -0.2) is 0 Å². The zero-order valence-corrected chi connectivity index (χ0v) is 24.2. The van der Waals surface area contributed by atoms with E-state index in [0.717, 1.165) is 5.56 Å². The van der Waals surface area contributed by atoms with Crippen LogP contribution in [0.25, 0.3) is 0 Å². The van der Waals surface area contributed by atoms with Crippen LogP contribution in [0.1, 0.15) is 75.2 Å². The van der Waals surface area contributed by atoms with Gasteiger partial charge in [0.15, 0.2) is 17.3 Å². The van der Waals surface area contributed by atoms with Gasteiger partial charge in [0.2, 0.25) is 5.91 Å². The molecular weight excluding hydrogens is 514 g/mol. The molecule has 0 bridgehead atoms. The van der Waals surface area contributed by atoms with Crippen molar-refractivity contribution in [3.05, 3.63) is 53.4 Å². The Kier molecular flexibility index (Phi) is 10.8. The third kappa shape index (κ3) is 8.56. The first-order chi connectivity index (χ1) is 18.9. The molecule has 0 spiro atoms. The van der Waals surface area contributed by atoms with E-state index in [9.17, 15) is 19.2 Å². The fourth-order valence-electron chi connectivity index (χ4n) is 4.44. The largest absolute Gasteiger partial charge is 0.382 e. The number of aromatic nitrogens is 1. The van der Waals surface area contributed by atoms with E-state index in [0.29, 0.717) is 18.8 Å². The maximum atomic E-state index is 13.6. The van der Waals surface area contributed by atoms with Gasteiger partial charge in [-0.15, -0.1) is 0 Å². The van der Waals surface area contributed by atoms with Gasteiger partial charge in [-0.1, -0.05) is 63.2 Å². The van der Waals surface area contributed by atoms with E-state index in [4.69, 9.17) is 14.0 Å². The lowest BCUT2D eigenvalue weighted by molar-refractivity contribution is -0.134. The standard InChI is InChI=1S/C30H41N3O7/c1-18(2)12-22(27(35)30(5)17-39-30)31-28(36)21(13-20-10-8-7-9-11-20)14-25(34)24(16-38-6)32-29(37)23-15-26(19(3)4)40-33-23/h7-11,15,18-19,21-22,24H,12-14,16-17H2,1-6H3,(H,31,36)(H,32,37)/t21-,22+,24+,30-/m1/s1. The Morgan fingerprint density at radius 3 is 2.27 bits per heavy atom. The Morgan fingerprint density at radius 2 is 1.73 bits per heavy atom. The van der Waals surface area contributed by atoms with E-state index in [1.807, 2.05) is 58.0 Å².